The molecule has 2 aromatic rings. The molecule has 0 spiro atoms. The van der Waals surface area contributed by atoms with Gasteiger partial charge in [-0.15, -0.1) is 0 Å². The standard InChI is InChI=1S/C21H26ClN3O2/c1-15-8-9-17(22)14-19(15)25-12-10-24(11-13-25)16(2)21(26)23-18-6-4-5-7-20(18)27-3/h4-9,14,16H,10-13H2,1-3H3,(H,23,26)/p+1/t16-/m0/s1. The van der Waals surface area contributed by atoms with E-state index >= 15 is 0 Å². The van der Waals surface area contributed by atoms with Crippen LogP contribution in [-0.4, -0.2) is 45.2 Å². The van der Waals surface area contributed by atoms with Crippen molar-refractivity contribution in [2.24, 2.45) is 0 Å². The number of para-hydroxylation sites is 2. The monoisotopic (exact) mass is 388 g/mol. The summed E-state index contributed by atoms with van der Waals surface area (Å²) in [6, 6.07) is 13.4. The first-order valence-corrected chi connectivity index (χ1v) is 9.67. The molecule has 0 aliphatic carbocycles. The number of carbonyl (C=O) groups is 1. The van der Waals surface area contributed by atoms with Crippen LogP contribution in [0.2, 0.25) is 5.02 Å². The maximum absolute atomic E-state index is 12.7. The van der Waals surface area contributed by atoms with Crippen LogP contribution in [0.5, 0.6) is 5.75 Å². The van der Waals surface area contributed by atoms with Crippen LogP contribution in [0, 0.1) is 6.92 Å². The fourth-order valence-electron chi connectivity index (χ4n) is 3.57. The zero-order valence-electron chi connectivity index (χ0n) is 16.1. The number of anilines is 2. The first-order chi connectivity index (χ1) is 13.0. The SMILES string of the molecule is COc1ccccc1NC(=O)[C@H](C)[NH+]1CCN(c2cc(Cl)ccc2C)CC1. The molecule has 5 nitrogen and oxygen atoms in total. The predicted molar refractivity (Wildman–Crippen MR) is 110 cm³/mol. The quantitative estimate of drug-likeness (QED) is 0.826. The fraction of sp³-hybridized carbons (Fsp3) is 0.381. The van der Waals surface area contributed by atoms with Crippen molar-refractivity contribution < 1.29 is 14.4 Å². The summed E-state index contributed by atoms with van der Waals surface area (Å²) in [5.74, 6) is 0.691. The van der Waals surface area contributed by atoms with Crippen molar-refractivity contribution in [3.8, 4) is 5.75 Å². The fourth-order valence-corrected chi connectivity index (χ4v) is 3.73. The number of piperazine rings is 1. The topological polar surface area (TPSA) is 46.0 Å². The van der Waals surface area contributed by atoms with E-state index in [0.29, 0.717) is 11.4 Å². The average molecular weight is 389 g/mol. The smallest absolute Gasteiger partial charge is 0.282 e. The van der Waals surface area contributed by atoms with E-state index in [4.69, 9.17) is 16.3 Å². The lowest BCUT2D eigenvalue weighted by Crippen LogP contribution is -3.19. The summed E-state index contributed by atoms with van der Waals surface area (Å²) in [5, 5.41) is 3.76. The van der Waals surface area contributed by atoms with Gasteiger partial charge >= 0.3 is 0 Å². The molecule has 3 rings (SSSR count). The van der Waals surface area contributed by atoms with Crippen LogP contribution >= 0.6 is 11.6 Å². The van der Waals surface area contributed by atoms with Gasteiger partial charge in [0.25, 0.3) is 5.91 Å². The van der Waals surface area contributed by atoms with Crippen LogP contribution in [0.15, 0.2) is 42.5 Å². The third-order valence-corrected chi connectivity index (χ3v) is 5.52. The van der Waals surface area contributed by atoms with Crippen molar-refractivity contribution >= 4 is 28.9 Å². The molecule has 144 valence electrons. The first-order valence-electron chi connectivity index (χ1n) is 9.29. The van der Waals surface area contributed by atoms with Crippen LogP contribution in [0.4, 0.5) is 11.4 Å². The summed E-state index contributed by atoms with van der Waals surface area (Å²) in [4.78, 5) is 16.4. The lowest BCUT2D eigenvalue weighted by atomic mass is 10.1. The highest BCUT2D eigenvalue weighted by atomic mass is 35.5. The Bertz CT molecular complexity index is 804. The van der Waals surface area contributed by atoms with Gasteiger partial charge in [-0.2, -0.15) is 0 Å². The highest BCUT2D eigenvalue weighted by molar-refractivity contribution is 6.30. The van der Waals surface area contributed by atoms with E-state index < -0.39 is 0 Å². The largest absolute Gasteiger partial charge is 0.495 e. The third kappa shape index (κ3) is 4.54. The number of ether oxygens (including phenoxy) is 1. The lowest BCUT2D eigenvalue weighted by Gasteiger charge is -2.36. The molecule has 0 unspecified atom stereocenters. The molecule has 1 aliphatic heterocycles. The summed E-state index contributed by atoms with van der Waals surface area (Å²) in [6.45, 7) is 7.72. The number of nitrogens with one attached hydrogen (secondary N) is 2. The van der Waals surface area contributed by atoms with Crippen molar-refractivity contribution in [2.45, 2.75) is 19.9 Å². The Morgan fingerprint density at radius 3 is 2.63 bits per heavy atom. The van der Waals surface area contributed by atoms with E-state index in [-0.39, 0.29) is 11.9 Å². The Labute approximate surface area is 165 Å². The predicted octanol–water partition coefficient (Wildman–Crippen LogP) is 2.39. The number of amides is 1. The molecule has 0 radical (unpaired) electrons. The van der Waals surface area contributed by atoms with Gasteiger partial charge in [-0.25, -0.2) is 0 Å². The highest BCUT2D eigenvalue weighted by Gasteiger charge is 2.30. The summed E-state index contributed by atoms with van der Waals surface area (Å²) < 4.78 is 5.32. The second kappa shape index (κ2) is 8.63. The normalized spacial score (nSPS) is 16.1. The molecule has 6 heteroatoms. The maximum atomic E-state index is 12.7. The zero-order valence-corrected chi connectivity index (χ0v) is 16.8. The molecule has 0 aromatic heterocycles. The molecule has 1 heterocycles. The van der Waals surface area contributed by atoms with Crippen LogP contribution in [0.3, 0.4) is 0 Å². The molecule has 2 N–H and O–H groups in total. The molecule has 2 aromatic carbocycles. The van der Waals surface area contributed by atoms with Crippen molar-refractivity contribution in [1.82, 2.24) is 0 Å². The maximum Gasteiger partial charge on any atom is 0.282 e. The van der Waals surface area contributed by atoms with Gasteiger partial charge in [-0.05, 0) is 43.7 Å². The second-order valence-electron chi connectivity index (χ2n) is 6.99. The molecule has 27 heavy (non-hydrogen) atoms. The van der Waals surface area contributed by atoms with Gasteiger partial charge in [0, 0.05) is 10.7 Å². The molecular weight excluding hydrogens is 362 g/mol. The van der Waals surface area contributed by atoms with E-state index in [1.807, 2.05) is 43.3 Å². The minimum absolute atomic E-state index is 0.0156. The number of carbonyl (C=O) groups excluding carboxylic acids is 1. The number of aryl methyl sites for hydroxylation is 1. The summed E-state index contributed by atoms with van der Waals surface area (Å²) in [6.07, 6.45) is 0. The van der Waals surface area contributed by atoms with Gasteiger partial charge in [0.1, 0.15) is 5.75 Å². The number of hydrogen-bond donors (Lipinski definition) is 2. The molecule has 1 aliphatic rings. The lowest BCUT2D eigenvalue weighted by molar-refractivity contribution is -0.914. The van der Waals surface area contributed by atoms with Gasteiger partial charge in [0.2, 0.25) is 0 Å². The van der Waals surface area contributed by atoms with Crippen LogP contribution in [-0.2, 0) is 4.79 Å². The molecule has 0 saturated carbocycles. The number of methoxy groups -OCH3 is 1. The van der Waals surface area contributed by atoms with Gasteiger partial charge < -0.3 is 19.9 Å². The second-order valence-corrected chi connectivity index (χ2v) is 7.42. The van der Waals surface area contributed by atoms with Crippen molar-refractivity contribution in [3.05, 3.63) is 53.1 Å². The Morgan fingerprint density at radius 2 is 1.93 bits per heavy atom. The van der Waals surface area contributed by atoms with E-state index in [0.717, 1.165) is 31.2 Å². The first kappa shape index (κ1) is 19.5. The summed E-state index contributed by atoms with van der Waals surface area (Å²) >= 11 is 6.16. The summed E-state index contributed by atoms with van der Waals surface area (Å²) in [7, 11) is 1.61. The molecule has 1 fully saturated rings. The number of halogens is 1. The van der Waals surface area contributed by atoms with Crippen molar-refractivity contribution in [3.63, 3.8) is 0 Å². The van der Waals surface area contributed by atoms with Crippen LogP contribution in [0.25, 0.3) is 0 Å². The number of benzene rings is 2. The Kier molecular flexibility index (Phi) is 6.24. The number of quaternary nitrogens is 1. The minimum Gasteiger partial charge on any atom is -0.495 e. The minimum atomic E-state index is -0.127. The number of rotatable bonds is 5. The van der Waals surface area contributed by atoms with E-state index in [1.165, 1.54) is 16.2 Å². The zero-order chi connectivity index (χ0) is 19.4. The molecular formula is C21H27ClN3O2+. The molecule has 0 bridgehead atoms. The van der Waals surface area contributed by atoms with E-state index in [9.17, 15) is 4.79 Å². The molecule has 1 atom stereocenters. The van der Waals surface area contributed by atoms with Gasteiger partial charge in [-0.1, -0.05) is 29.8 Å². The Balaban J connectivity index is 1.60. The molecule has 1 saturated heterocycles. The number of hydrogen-bond acceptors (Lipinski definition) is 3. The van der Waals surface area contributed by atoms with E-state index in [1.54, 1.807) is 7.11 Å². The molecule has 1 amide bonds. The Morgan fingerprint density at radius 1 is 1.22 bits per heavy atom. The van der Waals surface area contributed by atoms with Crippen molar-refractivity contribution in [1.29, 1.82) is 0 Å². The summed E-state index contributed by atoms with van der Waals surface area (Å²) in [5.41, 5.74) is 3.13. The van der Waals surface area contributed by atoms with Gasteiger partial charge in [0.15, 0.2) is 6.04 Å². The van der Waals surface area contributed by atoms with Gasteiger partial charge in [0.05, 0.1) is 39.0 Å². The van der Waals surface area contributed by atoms with Crippen LogP contribution < -0.4 is 19.9 Å². The highest BCUT2D eigenvalue weighted by Crippen LogP contribution is 2.24. The third-order valence-electron chi connectivity index (χ3n) is 5.29. The van der Waals surface area contributed by atoms with Crippen LogP contribution in [0.1, 0.15) is 12.5 Å². The number of nitrogens with zero attached hydrogens (tertiary/aromatic N) is 1. The van der Waals surface area contributed by atoms with Crippen molar-refractivity contribution in [2.75, 3.05) is 43.5 Å². The Hall–Kier alpha value is -2.24. The van der Waals surface area contributed by atoms with Gasteiger partial charge in [-0.3, -0.25) is 4.79 Å². The average Bonchev–Trinajstić information content (AvgIpc) is 2.69. The van der Waals surface area contributed by atoms with E-state index in [2.05, 4.69) is 23.2 Å².